The number of hydrogen-bond acceptors (Lipinski definition) is 2. The fourth-order valence-electron chi connectivity index (χ4n) is 2.08. The van der Waals surface area contributed by atoms with Gasteiger partial charge in [-0.1, -0.05) is 64.3 Å². The number of rotatable bonds is 9. The maximum Gasteiger partial charge on any atom is 0.142 e. The molecule has 0 atom stereocenters. The standard InChI is InChI=1S/C17H28ClNO/c1-5-14(6-2)12-20-17-15(8-7-9-16(17)18)11-19-10-13(3)4/h7-9,13-14,19H,5-6,10-12H2,1-4H3. The van der Waals surface area contributed by atoms with E-state index in [-0.39, 0.29) is 0 Å². The van der Waals surface area contributed by atoms with Gasteiger partial charge in [0.1, 0.15) is 5.75 Å². The van der Waals surface area contributed by atoms with Crippen LogP contribution in [-0.2, 0) is 6.54 Å². The van der Waals surface area contributed by atoms with E-state index in [0.717, 1.165) is 43.9 Å². The van der Waals surface area contributed by atoms with Gasteiger partial charge in [0.2, 0.25) is 0 Å². The smallest absolute Gasteiger partial charge is 0.142 e. The van der Waals surface area contributed by atoms with E-state index in [1.807, 2.05) is 12.1 Å². The number of ether oxygens (including phenoxy) is 1. The SMILES string of the molecule is CCC(CC)COc1c(Cl)cccc1CNCC(C)C. The topological polar surface area (TPSA) is 21.3 Å². The molecule has 1 aromatic carbocycles. The van der Waals surface area contributed by atoms with Gasteiger partial charge in [-0.2, -0.15) is 0 Å². The Balaban J connectivity index is 2.67. The van der Waals surface area contributed by atoms with Crippen molar-refractivity contribution < 1.29 is 4.74 Å². The molecule has 0 aliphatic rings. The van der Waals surface area contributed by atoms with E-state index >= 15 is 0 Å². The molecular formula is C17H28ClNO. The molecule has 0 radical (unpaired) electrons. The summed E-state index contributed by atoms with van der Waals surface area (Å²) in [6.07, 6.45) is 2.28. The number of para-hydroxylation sites is 1. The van der Waals surface area contributed by atoms with Gasteiger partial charge in [-0.25, -0.2) is 0 Å². The highest BCUT2D eigenvalue weighted by molar-refractivity contribution is 6.32. The summed E-state index contributed by atoms with van der Waals surface area (Å²) in [5, 5.41) is 4.15. The lowest BCUT2D eigenvalue weighted by Gasteiger charge is -2.18. The van der Waals surface area contributed by atoms with Crippen molar-refractivity contribution in [2.75, 3.05) is 13.2 Å². The normalized spacial score (nSPS) is 11.3. The number of benzene rings is 1. The Bertz CT molecular complexity index is 389. The van der Waals surface area contributed by atoms with Crippen molar-refractivity contribution in [2.24, 2.45) is 11.8 Å². The maximum atomic E-state index is 6.29. The van der Waals surface area contributed by atoms with Crippen molar-refractivity contribution >= 4 is 11.6 Å². The molecule has 0 amide bonds. The van der Waals surface area contributed by atoms with Crippen molar-refractivity contribution in [1.82, 2.24) is 5.32 Å². The molecule has 0 heterocycles. The molecule has 0 aromatic heterocycles. The van der Waals surface area contributed by atoms with Crippen LogP contribution in [0.1, 0.15) is 46.1 Å². The van der Waals surface area contributed by atoms with Crippen LogP contribution in [0.5, 0.6) is 5.75 Å². The predicted molar refractivity (Wildman–Crippen MR) is 87.6 cm³/mol. The quantitative estimate of drug-likeness (QED) is 0.700. The monoisotopic (exact) mass is 297 g/mol. The van der Waals surface area contributed by atoms with E-state index < -0.39 is 0 Å². The minimum absolute atomic E-state index is 0.600. The number of nitrogens with one attached hydrogen (secondary N) is 1. The van der Waals surface area contributed by atoms with Gasteiger partial charge in [0, 0.05) is 12.1 Å². The molecule has 0 fully saturated rings. The van der Waals surface area contributed by atoms with Crippen molar-refractivity contribution in [3.8, 4) is 5.75 Å². The average molecular weight is 298 g/mol. The summed E-state index contributed by atoms with van der Waals surface area (Å²) in [7, 11) is 0. The number of halogens is 1. The molecule has 0 spiro atoms. The van der Waals surface area contributed by atoms with E-state index in [4.69, 9.17) is 16.3 Å². The molecule has 0 saturated heterocycles. The second-order valence-corrected chi connectivity index (χ2v) is 6.15. The molecular weight excluding hydrogens is 270 g/mol. The molecule has 1 aromatic rings. The molecule has 0 bridgehead atoms. The van der Waals surface area contributed by atoms with Crippen LogP contribution in [0, 0.1) is 11.8 Å². The molecule has 0 unspecified atom stereocenters. The van der Waals surface area contributed by atoms with Gasteiger partial charge in [0.15, 0.2) is 0 Å². The third-order valence-electron chi connectivity index (χ3n) is 3.53. The van der Waals surface area contributed by atoms with Gasteiger partial charge in [-0.15, -0.1) is 0 Å². The second kappa shape index (κ2) is 9.25. The molecule has 3 heteroatoms. The molecule has 0 aliphatic heterocycles. The first-order chi connectivity index (χ1) is 9.58. The molecule has 1 rings (SSSR count). The van der Waals surface area contributed by atoms with Crippen LogP contribution >= 0.6 is 11.6 Å². The zero-order valence-corrected chi connectivity index (χ0v) is 14.0. The van der Waals surface area contributed by atoms with Gasteiger partial charge in [0.25, 0.3) is 0 Å². The van der Waals surface area contributed by atoms with E-state index in [9.17, 15) is 0 Å². The summed E-state index contributed by atoms with van der Waals surface area (Å²) in [6, 6.07) is 5.97. The Hall–Kier alpha value is -0.730. The fraction of sp³-hybridized carbons (Fsp3) is 0.647. The second-order valence-electron chi connectivity index (χ2n) is 5.75. The summed E-state index contributed by atoms with van der Waals surface area (Å²) in [6.45, 7) is 11.4. The largest absolute Gasteiger partial charge is 0.491 e. The van der Waals surface area contributed by atoms with Crippen molar-refractivity contribution in [3.05, 3.63) is 28.8 Å². The third-order valence-corrected chi connectivity index (χ3v) is 3.83. The summed E-state index contributed by atoms with van der Waals surface area (Å²) >= 11 is 6.29. The van der Waals surface area contributed by atoms with Crippen LogP contribution in [0.3, 0.4) is 0 Å². The Labute approximate surface area is 128 Å². The maximum absolute atomic E-state index is 6.29. The van der Waals surface area contributed by atoms with Crippen LogP contribution in [-0.4, -0.2) is 13.2 Å². The van der Waals surface area contributed by atoms with Crippen LogP contribution in [0.4, 0.5) is 0 Å². The molecule has 114 valence electrons. The Morgan fingerprint density at radius 2 is 1.90 bits per heavy atom. The van der Waals surface area contributed by atoms with Crippen LogP contribution in [0.15, 0.2) is 18.2 Å². The van der Waals surface area contributed by atoms with E-state index in [0.29, 0.717) is 16.9 Å². The van der Waals surface area contributed by atoms with Gasteiger partial charge < -0.3 is 10.1 Å². The lowest BCUT2D eigenvalue weighted by molar-refractivity contribution is 0.238. The summed E-state index contributed by atoms with van der Waals surface area (Å²) in [5.74, 6) is 2.09. The fourth-order valence-corrected chi connectivity index (χ4v) is 2.32. The minimum Gasteiger partial charge on any atom is -0.491 e. The van der Waals surface area contributed by atoms with Crippen molar-refractivity contribution in [2.45, 2.75) is 47.1 Å². The van der Waals surface area contributed by atoms with Crippen LogP contribution in [0.2, 0.25) is 5.02 Å². The molecule has 2 nitrogen and oxygen atoms in total. The van der Waals surface area contributed by atoms with E-state index in [1.54, 1.807) is 0 Å². The highest BCUT2D eigenvalue weighted by Crippen LogP contribution is 2.29. The zero-order chi connectivity index (χ0) is 15.0. The van der Waals surface area contributed by atoms with Gasteiger partial charge in [0.05, 0.1) is 11.6 Å². The molecule has 0 aliphatic carbocycles. The Morgan fingerprint density at radius 1 is 1.20 bits per heavy atom. The van der Waals surface area contributed by atoms with Gasteiger partial charge in [-0.05, 0) is 24.4 Å². The summed E-state index contributed by atoms with van der Waals surface area (Å²) in [5.41, 5.74) is 1.14. The molecule has 20 heavy (non-hydrogen) atoms. The Kier molecular flexibility index (Phi) is 8.01. The van der Waals surface area contributed by atoms with Gasteiger partial charge in [-0.3, -0.25) is 0 Å². The van der Waals surface area contributed by atoms with Crippen LogP contribution < -0.4 is 10.1 Å². The highest BCUT2D eigenvalue weighted by atomic mass is 35.5. The van der Waals surface area contributed by atoms with Crippen molar-refractivity contribution in [3.63, 3.8) is 0 Å². The van der Waals surface area contributed by atoms with Crippen LogP contribution in [0.25, 0.3) is 0 Å². The molecule has 1 N–H and O–H groups in total. The Morgan fingerprint density at radius 3 is 2.50 bits per heavy atom. The number of hydrogen-bond donors (Lipinski definition) is 1. The average Bonchev–Trinajstić information content (AvgIpc) is 2.41. The minimum atomic E-state index is 0.600. The van der Waals surface area contributed by atoms with E-state index in [1.165, 1.54) is 0 Å². The van der Waals surface area contributed by atoms with E-state index in [2.05, 4.69) is 39.1 Å². The first-order valence-electron chi connectivity index (χ1n) is 7.69. The highest BCUT2D eigenvalue weighted by Gasteiger charge is 2.11. The first kappa shape index (κ1) is 17.3. The predicted octanol–water partition coefficient (Wildman–Crippen LogP) is 4.90. The summed E-state index contributed by atoms with van der Waals surface area (Å²) in [4.78, 5) is 0. The first-order valence-corrected chi connectivity index (χ1v) is 8.07. The lowest BCUT2D eigenvalue weighted by atomic mass is 10.1. The lowest BCUT2D eigenvalue weighted by Crippen LogP contribution is -2.20. The summed E-state index contributed by atoms with van der Waals surface area (Å²) < 4.78 is 6.00. The zero-order valence-electron chi connectivity index (χ0n) is 13.2. The van der Waals surface area contributed by atoms with Gasteiger partial charge >= 0.3 is 0 Å². The third kappa shape index (κ3) is 5.72. The molecule has 0 saturated carbocycles. The van der Waals surface area contributed by atoms with Crippen molar-refractivity contribution in [1.29, 1.82) is 0 Å².